The van der Waals surface area contributed by atoms with Crippen LogP contribution < -0.4 is 19.7 Å². The van der Waals surface area contributed by atoms with Gasteiger partial charge in [0.25, 0.3) is 5.91 Å². The van der Waals surface area contributed by atoms with Crippen molar-refractivity contribution in [3.8, 4) is 11.5 Å². The van der Waals surface area contributed by atoms with Crippen LogP contribution in [0.3, 0.4) is 0 Å². The van der Waals surface area contributed by atoms with Gasteiger partial charge in [0.1, 0.15) is 18.0 Å². The van der Waals surface area contributed by atoms with E-state index in [-0.39, 0.29) is 37.4 Å². The van der Waals surface area contributed by atoms with E-state index in [1.807, 2.05) is 61.5 Å². The zero-order valence-corrected chi connectivity index (χ0v) is 19.7. The van der Waals surface area contributed by atoms with Crippen molar-refractivity contribution in [2.24, 2.45) is 0 Å². The maximum absolute atomic E-state index is 12.8. The Morgan fingerprint density at radius 1 is 1.03 bits per heavy atom. The van der Waals surface area contributed by atoms with Crippen molar-refractivity contribution < 1.29 is 23.9 Å². The lowest BCUT2D eigenvalue weighted by Crippen LogP contribution is -2.45. The Bertz CT molecular complexity index is 1210. The summed E-state index contributed by atoms with van der Waals surface area (Å²) in [6.07, 6.45) is 1.49. The lowest BCUT2D eigenvalue weighted by Gasteiger charge is -2.29. The molecular weight excluding hydrogens is 444 g/mol. The maximum Gasteiger partial charge on any atom is 0.265 e. The fourth-order valence-corrected chi connectivity index (χ4v) is 3.90. The molecule has 0 fully saturated rings. The Morgan fingerprint density at radius 2 is 1.80 bits per heavy atom. The van der Waals surface area contributed by atoms with Gasteiger partial charge in [0.15, 0.2) is 19.0 Å². The largest absolute Gasteiger partial charge is 0.485 e. The SMILES string of the molecule is CCc1ccccc1OCC(=O)c1ccc2c(c1)N(CC(=O)NCCc1ccccc1)C(=O)CO2. The number of amides is 2. The summed E-state index contributed by atoms with van der Waals surface area (Å²) in [5.74, 6) is 0.278. The first-order valence-electron chi connectivity index (χ1n) is 11.7. The first kappa shape index (κ1) is 24.0. The van der Waals surface area contributed by atoms with Gasteiger partial charge in [-0.3, -0.25) is 19.3 Å². The smallest absolute Gasteiger partial charge is 0.265 e. The van der Waals surface area contributed by atoms with Crippen LogP contribution in [0.25, 0.3) is 0 Å². The van der Waals surface area contributed by atoms with Gasteiger partial charge < -0.3 is 14.8 Å². The number of anilines is 1. The van der Waals surface area contributed by atoms with Gasteiger partial charge >= 0.3 is 0 Å². The van der Waals surface area contributed by atoms with E-state index in [1.165, 1.54) is 4.90 Å². The van der Waals surface area contributed by atoms with E-state index >= 15 is 0 Å². The fourth-order valence-electron chi connectivity index (χ4n) is 3.90. The number of ether oxygens (including phenoxy) is 2. The highest BCUT2D eigenvalue weighted by Gasteiger charge is 2.28. The molecule has 4 rings (SSSR count). The minimum absolute atomic E-state index is 0.134. The number of rotatable bonds is 10. The standard InChI is InChI=1S/C28H28N2O5/c1-2-21-10-6-7-11-25(21)34-18-24(31)22-12-13-26-23(16-22)30(28(33)19-35-26)17-27(32)29-15-14-20-8-4-3-5-9-20/h3-13,16H,2,14-15,17-19H2,1H3,(H,29,32). The van der Waals surface area contributed by atoms with E-state index < -0.39 is 0 Å². The van der Waals surface area contributed by atoms with Gasteiger partial charge in [0.2, 0.25) is 5.91 Å². The quantitative estimate of drug-likeness (QED) is 0.456. The third kappa shape index (κ3) is 6.06. The molecule has 0 saturated carbocycles. The number of fused-ring (bicyclic) bond motifs is 1. The average Bonchev–Trinajstić information content (AvgIpc) is 2.89. The Balaban J connectivity index is 1.41. The van der Waals surface area contributed by atoms with Crippen molar-refractivity contribution in [1.82, 2.24) is 5.32 Å². The van der Waals surface area contributed by atoms with Gasteiger partial charge in [-0.05, 0) is 48.2 Å². The van der Waals surface area contributed by atoms with Crippen LogP contribution >= 0.6 is 0 Å². The van der Waals surface area contributed by atoms with E-state index in [4.69, 9.17) is 9.47 Å². The average molecular weight is 473 g/mol. The Kier molecular flexibility index (Phi) is 7.77. The number of para-hydroxylation sites is 1. The monoisotopic (exact) mass is 472 g/mol. The first-order valence-corrected chi connectivity index (χ1v) is 11.7. The summed E-state index contributed by atoms with van der Waals surface area (Å²) in [4.78, 5) is 39.3. The van der Waals surface area contributed by atoms with Crippen molar-refractivity contribution in [3.05, 3.63) is 89.5 Å². The van der Waals surface area contributed by atoms with Crippen LogP contribution in [0.4, 0.5) is 5.69 Å². The highest BCUT2D eigenvalue weighted by atomic mass is 16.5. The Hall–Kier alpha value is -4.13. The lowest BCUT2D eigenvalue weighted by molar-refractivity contribution is -0.125. The van der Waals surface area contributed by atoms with Crippen LogP contribution in [0.5, 0.6) is 11.5 Å². The number of hydrogen-bond donors (Lipinski definition) is 1. The van der Waals surface area contributed by atoms with Gasteiger partial charge in [-0.25, -0.2) is 0 Å². The van der Waals surface area contributed by atoms with Crippen LogP contribution in [0.2, 0.25) is 0 Å². The van der Waals surface area contributed by atoms with E-state index in [9.17, 15) is 14.4 Å². The second-order valence-corrected chi connectivity index (χ2v) is 8.21. The predicted molar refractivity (Wildman–Crippen MR) is 133 cm³/mol. The molecule has 0 radical (unpaired) electrons. The molecule has 7 nitrogen and oxygen atoms in total. The van der Waals surface area contributed by atoms with Crippen LogP contribution in [-0.2, 0) is 22.4 Å². The van der Waals surface area contributed by atoms with Gasteiger partial charge in [-0.2, -0.15) is 0 Å². The first-order chi connectivity index (χ1) is 17.0. The third-order valence-electron chi connectivity index (χ3n) is 5.82. The number of hydrogen-bond acceptors (Lipinski definition) is 5. The number of carbonyl (C=O) groups excluding carboxylic acids is 3. The highest BCUT2D eigenvalue weighted by molar-refractivity contribution is 6.04. The van der Waals surface area contributed by atoms with Crippen molar-refractivity contribution in [1.29, 1.82) is 0 Å². The van der Waals surface area contributed by atoms with Crippen LogP contribution in [0.15, 0.2) is 72.8 Å². The maximum atomic E-state index is 12.8. The molecule has 35 heavy (non-hydrogen) atoms. The van der Waals surface area contributed by atoms with Gasteiger partial charge in [0.05, 0.1) is 5.69 Å². The summed E-state index contributed by atoms with van der Waals surface area (Å²) in [6.45, 7) is 2.04. The number of Topliss-reactive ketones (excluding diaryl/α,β-unsaturated/α-hetero) is 1. The molecule has 1 heterocycles. The summed E-state index contributed by atoms with van der Waals surface area (Å²) in [6, 6.07) is 22.3. The molecule has 1 aliphatic rings. The Morgan fingerprint density at radius 3 is 2.60 bits per heavy atom. The number of benzene rings is 3. The molecule has 3 aromatic rings. The number of aryl methyl sites for hydroxylation is 1. The Labute approximate surface area is 204 Å². The molecule has 3 aromatic carbocycles. The summed E-state index contributed by atoms with van der Waals surface area (Å²) in [7, 11) is 0. The molecule has 0 aliphatic carbocycles. The molecule has 7 heteroatoms. The number of nitrogens with one attached hydrogen (secondary N) is 1. The molecule has 0 atom stereocenters. The second kappa shape index (κ2) is 11.3. The molecule has 1 aliphatic heterocycles. The van der Waals surface area contributed by atoms with E-state index in [2.05, 4.69) is 5.32 Å². The molecule has 0 bridgehead atoms. The molecule has 2 amide bonds. The number of carbonyl (C=O) groups is 3. The summed E-state index contributed by atoms with van der Waals surface area (Å²) >= 11 is 0. The van der Waals surface area contributed by atoms with E-state index in [0.717, 1.165) is 17.5 Å². The van der Waals surface area contributed by atoms with E-state index in [1.54, 1.807) is 18.2 Å². The normalized spacial score (nSPS) is 12.5. The predicted octanol–water partition coefficient (Wildman–Crippen LogP) is 3.60. The highest BCUT2D eigenvalue weighted by Crippen LogP contribution is 2.33. The van der Waals surface area contributed by atoms with Gasteiger partial charge in [-0.1, -0.05) is 55.5 Å². The van der Waals surface area contributed by atoms with Crippen LogP contribution in [0, 0.1) is 0 Å². The molecule has 1 N–H and O–H groups in total. The number of ketones is 1. The third-order valence-corrected chi connectivity index (χ3v) is 5.82. The molecule has 180 valence electrons. The molecular formula is C28H28N2O5. The summed E-state index contributed by atoms with van der Waals surface area (Å²) < 4.78 is 11.3. The van der Waals surface area contributed by atoms with Gasteiger partial charge in [-0.15, -0.1) is 0 Å². The topological polar surface area (TPSA) is 84.9 Å². The lowest BCUT2D eigenvalue weighted by atomic mass is 10.1. The summed E-state index contributed by atoms with van der Waals surface area (Å²) in [5.41, 5.74) is 2.92. The second-order valence-electron chi connectivity index (χ2n) is 8.21. The van der Waals surface area contributed by atoms with Crippen molar-refractivity contribution >= 4 is 23.3 Å². The van der Waals surface area contributed by atoms with E-state index in [0.29, 0.717) is 35.7 Å². The van der Waals surface area contributed by atoms with Crippen LogP contribution in [-0.4, -0.2) is 43.9 Å². The minimum Gasteiger partial charge on any atom is -0.485 e. The minimum atomic E-state index is -0.339. The van der Waals surface area contributed by atoms with Crippen molar-refractivity contribution in [3.63, 3.8) is 0 Å². The zero-order valence-electron chi connectivity index (χ0n) is 19.7. The zero-order chi connectivity index (χ0) is 24.6. The fraction of sp³-hybridized carbons (Fsp3) is 0.250. The molecule has 0 spiro atoms. The summed E-state index contributed by atoms with van der Waals surface area (Å²) in [5, 5.41) is 2.86. The van der Waals surface area contributed by atoms with Gasteiger partial charge in [0, 0.05) is 12.1 Å². The molecule has 0 unspecified atom stereocenters. The molecule has 0 aromatic heterocycles. The van der Waals surface area contributed by atoms with Crippen molar-refractivity contribution in [2.45, 2.75) is 19.8 Å². The van der Waals surface area contributed by atoms with Crippen LogP contribution in [0.1, 0.15) is 28.4 Å². The molecule has 0 saturated heterocycles. The van der Waals surface area contributed by atoms with Crippen molar-refractivity contribution in [2.75, 3.05) is 31.2 Å². The number of nitrogens with zero attached hydrogens (tertiary/aromatic N) is 1.